The number of hydrogen-bond donors (Lipinski definition) is 1. The van der Waals surface area contributed by atoms with E-state index >= 15 is 0 Å². The molecule has 0 spiro atoms. The number of hydrogen-bond acceptors (Lipinski definition) is 1. The van der Waals surface area contributed by atoms with E-state index in [9.17, 15) is 0 Å². The van der Waals surface area contributed by atoms with E-state index in [4.69, 9.17) is 5.73 Å². The molecular formula is C11H22N2. The van der Waals surface area contributed by atoms with Gasteiger partial charge in [0.15, 0.2) is 0 Å². The van der Waals surface area contributed by atoms with Crippen molar-refractivity contribution in [3.63, 3.8) is 0 Å². The number of rotatable bonds is 5. The van der Waals surface area contributed by atoms with Crippen molar-refractivity contribution in [2.75, 3.05) is 0 Å². The smallest absolute Gasteiger partial charge is 0.0966 e. The third-order valence-corrected chi connectivity index (χ3v) is 2.70. The highest BCUT2D eigenvalue weighted by atomic mass is 14.9. The number of amidine groups is 1. The second-order valence-electron chi connectivity index (χ2n) is 4.45. The summed E-state index contributed by atoms with van der Waals surface area (Å²) in [7, 11) is 0. The first-order chi connectivity index (χ1) is 6.13. The van der Waals surface area contributed by atoms with Crippen LogP contribution in [0, 0.1) is 11.8 Å². The van der Waals surface area contributed by atoms with Gasteiger partial charge in [0.05, 0.1) is 11.9 Å². The zero-order valence-electron chi connectivity index (χ0n) is 9.09. The molecule has 0 heterocycles. The van der Waals surface area contributed by atoms with E-state index in [0.29, 0.717) is 12.0 Å². The second kappa shape index (κ2) is 4.64. The van der Waals surface area contributed by atoms with Crippen LogP contribution in [0.4, 0.5) is 0 Å². The Balaban J connectivity index is 2.40. The Morgan fingerprint density at radius 2 is 2.08 bits per heavy atom. The van der Waals surface area contributed by atoms with Crippen molar-refractivity contribution < 1.29 is 0 Å². The standard InChI is InChI=1S/C11H22N2/c1-4-10(7-9-5-6-9)13-11(12)8(2)3/h8-10H,4-7H2,1-3H3,(H2,12,13). The average molecular weight is 182 g/mol. The summed E-state index contributed by atoms with van der Waals surface area (Å²) in [4.78, 5) is 4.57. The minimum Gasteiger partial charge on any atom is -0.387 e. The molecule has 1 fully saturated rings. The van der Waals surface area contributed by atoms with Gasteiger partial charge in [-0.3, -0.25) is 4.99 Å². The molecule has 0 saturated heterocycles. The van der Waals surface area contributed by atoms with Crippen LogP contribution < -0.4 is 5.73 Å². The second-order valence-corrected chi connectivity index (χ2v) is 4.45. The maximum absolute atomic E-state index is 5.84. The van der Waals surface area contributed by atoms with E-state index in [-0.39, 0.29) is 0 Å². The summed E-state index contributed by atoms with van der Waals surface area (Å²) in [5.41, 5.74) is 5.84. The van der Waals surface area contributed by atoms with Gasteiger partial charge in [0.25, 0.3) is 0 Å². The Labute approximate surface area is 81.6 Å². The third kappa shape index (κ3) is 3.79. The largest absolute Gasteiger partial charge is 0.387 e. The Morgan fingerprint density at radius 3 is 2.46 bits per heavy atom. The molecule has 0 amide bonds. The van der Waals surface area contributed by atoms with Crippen LogP contribution in [0.15, 0.2) is 4.99 Å². The van der Waals surface area contributed by atoms with Crippen LogP contribution in [0.1, 0.15) is 46.5 Å². The quantitative estimate of drug-likeness (QED) is 0.515. The topological polar surface area (TPSA) is 38.4 Å². The average Bonchev–Trinajstić information content (AvgIpc) is 2.86. The molecule has 0 aliphatic heterocycles. The van der Waals surface area contributed by atoms with E-state index in [1.807, 2.05) is 0 Å². The summed E-state index contributed by atoms with van der Waals surface area (Å²) in [5, 5.41) is 0. The molecule has 13 heavy (non-hydrogen) atoms. The van der Waals surface area contributed by atoms with Crippen LogP contribution in [0.25, 0.3) is 0 Å². The summed E-state index contributed by atoms with van der Waals surface area (Å²) in [6.07, 6.45) is 5.20. The summed E-state index contributed by atoms with van der Waals surface area (Å²) >= 11 is 0. The number of aliphatic imine (C=N–C) groups is 1. The van der Waals surface area contributed by atoms with Crippen molar-refractivity contribution >= 4 is 5.84 Å². The van der Waals surface area contributed by atoms with Crippen LogP contribution in [0.5, 0.6) is 0 Å². The normalized spacial score (nSPS) is 20.8. The van der Waals surface area contributed by atoms with E-state index < -0.39 is 0 Å². The fourth-order valence-corrected chi connectivity index (χ4v) is 1.41. The molecule has 0 radical (unpaired) electrons. The molecule has 1 unspecified atom stereocenters. The molecule has 2 N–H and O–H groups in total. The lowest BCUT2D eigenvalue weighted by atomic mass is 10.1. The Hall–Kier alpha value is -0.530. The van der Waals surface area contributed by atoms with Crippen LogP contribution in [-0.2, 0) is 0 Å². The Kier molecular flexibility index (Phi) is 3.76. The van der Waals surface area contributed by atoms with Crippen LogP contribution in [-0.4, -0.2) is 11.9 Å². The van der Waals surface area contributed by atoms with Gasteiger partial charge >= 0.3 is 0 Å². The van der Waals surface area contributed by atoms with Gasteiger partial charge in [-0.05, 0) is 18.8 Å². The van der Waals surface area contributed by atoms with Gasteiger partial charge in [0.2, 0.25) is 0 Å². The van der Waals surface area contributed by atoms with Crippen molar-refractivity contribution in [2.24, 2.45) is 22.6 Å². The molecule has 1 saturated carbocycles. The molecule has 1 aliphatic rings. The van der Waals surface area contributed by atoms with Crippen LogP contribution in [0.2, 0.25) is 0 Å². The molecule has 0 aromatic heterocycles. The fourth-order valence-electron chi connectivity index (χ4n) is 1.41. The molecule has 0 aromatic carbocycles. The predicted molar refractivity (Wildman–Crippen MR) is 57.9 cm³/mol. The molecule has 0 bridgehead atoms. The Morgan fingerprint density at radius 1 is 1.46 bits per heavy atom. The van der Waals surface area contributed by atoms with Gasteiger partial charge in [-0.2, -0.15) is 0 Å². The summed E-state index contributed by atoms with van der Waals surface area (Å²) in [6, 6.07) is 0.481. The molecule has 2 heteroatoms. The first-order valence-electron chi connectivity index (χ1n) is 5.46. The summed E-state index contributed by atoms with van der Waals surface area (Å²) < 4.78 is 0. The highest BCUT2D eigenvalue weighted by Crippen LogP contribution is 2.34. The minimum atomic E-state index is 0.397. The Bertz CT molecular complexity index is 181. The van der Waals surface area contributed by atoms with Crippen molar-refractivity contribution in [2.45, 2.75) is 52.5 Å². The number of nitrogens with two attached hydrogens (primary N) is 1. The molecule has 0 aromatic rings. The van der Waals surface area contributed by atoms with E-state index in [0.717, 1.165) is 18.2 Å². The first-order valence-corrected chi connectivity index (χ1v) is 5.46. The SMILES string of the molecule is CCC(CC1CC1)N=C(N)C(C)C. The summed E-state index contributed by atoms with van der Waals surface area (Å²) in [5.74, 6) is 2.18. The van der Waals surface area contributed by atoms with Gasteiger partial charge in [-0.15, -0.1) is 0 Å². The molecule has 1 rings (SSSR count). The zero-order chi connectivity index (χ0) is 9.84. The van der Waals surface area contributed by atoms with E-state index in [1.165, 1.54) is 19.3 Å². The van der Waals surface area contributed by atoms with Crippen molar-refractivity contribution in [1.29, 1.82) is 0 Å². The van der Waals surface area contributed by atoms with Crippen molar-refractivity contribution in [3.8, 4) is 0 Å². The van der Waals surface area contributed by atoms with Gasteiger partial charge in [-0.1, -0.05) is 33.6 Å². The minimum absolute atomic E-state index is 0.397. The van der Waals surface area contributed by atoms with Crippen molar-refractivity contribution in [1.82, 2.24) is 0 Å². The third-order valence-electron chi connectivity index (χ3n) is 2.70. The molecule has 76 valence electrons. The van der Waals surface area contributed by atoms with Gasteiger partial charge in [-0.25, -0.2) is 0 Å². The zero-order valence-corrected chi connectivity index (χ0v) is 9.09. The molecule has 2 nitrogen and oxygen atoms in total. The highest BCUT2D eigenvalue weighted by Gasteiger charge is 2.24. The van der Waals surface area contributed by atoms with Gasteiger partial charge < -0.3 is 5.73 Å². The van der Waals surface area contributed by atoms with E-state index in [1.54, 1.807) is 0 Å². The molecule has 1 atom stereocenters. The molecule has 1 aliphatic carbocycles. The fraction of sp³-hybridized carbons (Fsp3) is 0.909. The number of nitrogens with zero attached hydrogens (tertiary/aromatic N) is 1. The van der Waals surface area contributed by atoms with Gasteiger partial charge in [0, 0.05) is 5.92 Å². The highest BCUT2D eigenvalue weighted by molar-refractivity contribution is 5.82. The first kappa shape index (κ1) is 10.6. The monoisotopic (exact) mass is 182 g/mol. The van der Waals surface area contributed by atoms with Gasteiger partial charge in [0.1, 0.15) is 0 Å². The van der Waals surface area contributed by atoms with E-state index in [2.05, 4.69) is 25.8 Å². The maximum atomic E-state index is 5.84. The lowest BCUT2D eigenvalue weighted by Gasteiger charge is -2.12. The van der Waals surface area contributed by atoms with Crippen molar-refractivity contribution in [3.05, 3.63) is 0 Å². The predicted octanol–water partition coefficient (Wildman–Crippen LogP) is 2.58. The molecular weight excluding hydrogens is 160 g/mol. The summed E-state index contributed by atoms with van der Waals surface area (Å²) in [6.45, 7) is 6.40. The van der Waals surface area contributed by atoms with Crippen LogP contribution >= 0.6 is 0 Å². The van der Waals surface area contributed by atoms with Crippen LogP contribution in [0.3, 0.4) is 0 Å². The maximum Gasteiger partial charge on any atom is 0.0966 e. The lowest BCUT2D eigenvalue weighted by molar-refractivity contribution is 0.553. The lowest BCUT2D eigenvalue weighted by Crippen LogP contribution is -2.22.